The van der Waals surface area contributed by atoms with Gasteiger partial charge in [0.1, 0.15) is 5.75 Å². The Kier molecular flexibility index (Phi) is 3.98. The van der Waals surface area contributed by atoms with Crippen LogP contribution >= 0.6 is 0 Å². The van der Waals surface area contributed by atoms with E-state index in [1.165, 1.54) is 4.90 Å². The number of anilines is 1. The summed E-state index contributed by atoms with van der Waals surface area (Å²) in [4.78, 5) is 39.8. The zero-order valence-electron chi connectivity index (χ0n) is 15.1. The van der Waals surface area contributed by atoms with Crippen molar-refractivity contribution in [2.45, 2.75) is 18.8 Å². The van der Waals surface area contributed by atoms with Gasteiger partial charge in [0, 0.05) is 5.56 Å². The zero-order chi connectivity index (χ0) is 19.2. The van der Waals surface area contributed by atoms with Crippen LogP contribution in [0.5, 0.6) is 5.75 Å². The first kappa shape index (κ1) is 17.3. The van der Waals surface area contributed by atoms with Crippen LogP contribution in [0.2, 0.25) is 0 Å². The van der Waals surface area contributed by atoms with Crippen molar-refractivity contribution in [2.75, 3.05) is 18.6 Å². The molecule has 0 radical (unpaired) electrons. The smallest absolute Gasteiger partial charge is 0.310 e. The topological polar surface area (TPSA) is 72.9 Å². The Morgan fingerprint density at radius 3 is 2.52 bits per heavy atom. The van der Waals surface area contributed by atoms with E-state index in [-0.39, 0.29) is 18.5 Å². The van der Waals surface area contributed by atoms with E-state index in [1.54, 1.807) is 50.4 Å². The van der Waals surface area contributed by atoms with Crippen molar-refractivity contribution in [1.29, 1.82) is 0 Å². The Morgan fingerprint density at radius 1 is 1.15 bits per heavy atom. The molecule has 1 aliphatic carbocycles. The maximum atomic E-state index is 13.3. The van der Waals surface area contributed by atoms with Crippen molar-refractivity contribution in [2.24, 2.45) is 5.92 Å². The third-order valence-corrected chi connectivity index (χ3v) is 5.28. The van der Waals surface area contributed by atoms with Crippen LogP contribution in [0.4, 0.5) is 5.69 Å². The molecule has 2 aliphatic rings. The Bertz CT molecular complexity index is 936. The number of methoxy groups -OCH3 is 1. The number of benzene rings is 2. The molecule has 1 saturated carbocycles. The number of hydrogen-bond donors (Lipinski definition) is 0. The fraction of sp³-hybridized carbons (Fsp3) is 0.286. The lowest BCUT2D eigenvalue weighted by atomic mass is 9.95. The number of fused-ring (bicyclic) bond motifs is 2. The highest BCUT2D eigenvalue weighted by molar-refractivity contribution is 6.29. The fourth-order valence-corrected chi connectivity index (χ4v) is 3.86. The lowest BCUT2D eigenvalue weighted by molar-refractivity contribution is -0.146. The van der Waals surface area contributed by atoms with E-state index in [9.17, 15) is 14.4 Å². The van der Waals surface area contributed by atoms with E-state index in [1.807, 2.05) is 12.1 Å². The number of para-hydroxylation sites is 1. The summed E-state index contributed by atoms with van der Waals surface area (Å²) in [7, 11) is 1.55. The summed E-state index contributed by atoms with van der Waals surface area (Å²) in [5.74, 6) is -1.08. The van der Waals surface area contributed by atoms with Crippen molar-refractivity contribution < 1.29 is 23.9 Å². The standard InChI is InChI=1S/C21H19NO5/c1-3-27-19(24)16-12-21(16)15-6-4-5-7-17(15)22(20(21)25)18(23)13-8-10-14(26-2)11-9-13/h4-11,16H,3,12H2,1-2H3/t16-,21-/m0/s1. The zero-order valence-corrected chi connectivity index (χ0v) is 15.1. The predicted octanol–water partition coefficient (Wildman–Crippen LogP) is 2.70. The minimum Gasteiger partial charge on any atom is -0.497 e. The van der Waals surface area contributed by atoms with Crippen LogP contribution in [0.3, 0.4) is 0 Å². The highest BCUT2D eigenvalue weighted by atomic mass is 16.5. The maximum absolute atomic E-state index is 13.3. The van der Waals surface area contributed by atoms with Gasteiger partial charge >= 0.3 is 5.97 Å². The van der Waals surface area contributed by atoms with Gasteiger partial charge in [0.2, 0.25) is 5.91 Å². The number of carbonyl (C=O) groups is 3. The molecule has 0 saturated heterocycles. The Balaban J connectivity index is 1.72. The SMILES string of the molecule is CCOC(=O)[C@@H]1C[C@@]12C(=O)N(C(=O)c1ccc(OC)cc1)c1ccccc12. The number of nitrogens with zero attached hydrogens (tertiary/aromatic N) is 1. The highest BCUT2D eigenvalue weighted by Gasteiger charge is 2.71. The van der Waals surface area contributed by atoms with Gasteiger partial charge in [-0.05, 0) is 49.2 Å². The lowest BCUT2D eigenvalue weighted by Gasteiger charge is -2.16. The van der Waals surface area contributed by atoms with E-state index in [2.05, 4.69) is 0 Å². The molecule has 138 valence electrons. The van der Waals surface area contributed by atoms with Crippen LogP contribution in [0.25, 0.3) is 0 Å². The second kappa shape index (κ2) is 6.23. The summed E-state index contributed by atoms with van der Waals surface area (Å²) in [6.45, 7) is 1.99. The minimum absolute atomic E-state index is 0.260. The van der Waals surface area contributed by atoms with E-state index < -0.39 is 17.2 Å². The molecule has 2 aromatic rings. The first-order valence-corrected chi connectivity index (χ1v) is 8.83. The molecule has 1 spiro atoms. The molecule has 0 unspecified atom stereocenters. The van der Waals surface area contributed by atoms with Crippen molar-refractivity contribution in [3.8, 4) is 5.75 Å². The molecular weight excluding hydrogens is 346 g/mol. The highest BCUT2D eigenvalue weighted by Crippen LogP contribution is 2.62. The van der Waals surface area contributed by atoms with E-state index in [0.717, 1.165) is 5.56 Å². The largest absolute Gasteiger partial charge is 0.497 e. The van der Waals surface area contributed by atoms with Crippen molar-refractivity contribution in [3.05, 3.63) is 59.7 Å². The van der Waals surface area contributed by atoms with E-state index in [4.69, 9.17) is 9.47 Å². The van der Waals surface area contributed by atoms with Crippen LogP contribution in [0.15, 0.2) is 48.5 Å². The summed E-state index contributed by atoms with van der Waals surface area (Å²) in [5.41, 5.74) is 0.653. The van der Waals surface area contributed by atoms with Crippen molar-refractivity contribution in [1.82, 2.24) is 0 Å². The number of imide groups is 1. The third-order valence-electron chi connectivity index (χ3n) is 5.28. The monoisotopic (exact) mass is 365 g/mol. The normalized spacial score (nSPS) is 22.5. The number of ether oxygens (including phenoxy) is 2. The molecule has 6 heteroatoms. The first-order chi connectivity index (χ1) is 13.0. The molecule has 1 heterocycles. The summed E-state index contributed by atoms with van der Waals surface area (Å²) in [6.07, 6.45) is 0.369. The number of hydrogen-bond acceptors (Lipinski definition) is 5. The maximum Gasteiger partial charge on any atom is 0.310 e. The first-order valence-electron chi connectivity index (χ1n) is 8.83. The van der Waals surface area contributed by atoms with Gasteiger partial charge in [-0.15, -0.1) is 0 Å². The van der Waals surface area contributed by atoms with Gasteiger partial charge in [-0.3, -0.25) is 14.4 Å². The summed E-state index contributed by atoms with van der Waals surface area (Å²) >= 11 is 0. The average Bonchev–Trinajstić information content (AvgIpc) is 3.40. The molecule has 1 fully saturated rings. The number of esters is 1. The van der Waals surface area contributed by atoms with Crippen LogP contribution < -0.4 is 9.64 Å². The lowest BCUT2D eigenvalue weighted by Crippen LogP contribution is -2.38. The van der Waals surface area contributed by atoms with E-state index in [0.29, 0.717) is 23.4 Å². The van der Waals surface area contributed by atoms with Crippen LogP contribution in [-0.2, 0) is 19.7 Å². The van der Waals surface area contributed by atoms with E-state index >= 15 is 0 Å². The third kappa shape index (κ3) is 2.44. The van der Waals surface area contributed by atoms with Gasteiger partial charge in [0.05, 0.1) is 30.7 Å². The number of rotatable bonds is 4. The molecule has 27 heavy (non-hydrogen) atoms. The second-order valence-electron chi connectivity index (χ2n) is 6.67. The van der Waals surface area contributed by atoms with Crippen LogP contribution in [-0.4, -0.2) is 31.5 Å². The van der Waals surface area contributed by atoms with Crippen molar-refractivity contribution in [3.63, 3.8) is 0 Å². The molecule has 0 aromatic heterocycles. The molecule has 4 rings (SSSR count). The summed E-state index contributed by atoms with van der Waals surface area (Å²) in [6, 6.07) is 13.7. The van der Waals surface area contributed by atoms with Gasteiger partial charge in [0.15, 0.2) is 0 Å². The molecule has 0 N–H and O–H groups in total. The average molecular weight is 365 g/mol. The minimum atomic E-state index is -0.981. The van der Waals surface area contributed by atoms with Gasteiger partial charge in [-0.1, -0.05) is 18.2 Å². The molecule has 2 atom stereocenters. The summed E-state index contributed by atoms with van der Waals surface area (Å²) in [5, 5.41) is 0. The molecule has 2 amide bonds. The van der Waals surface area contributed by atoms with Gasteiger partial charge in [0.25, 0.3) is 5.91 Å². The number of carbonyl (C=O) groups excluding carboxylic acids is 3. The van der Waals surface area contributed by atoms with Crippen molar-refractivity contribution >= 4 is 23.5 Å². The Morgan fingerprint density at radius 2 is 1.85 bits per heavy atom. The molecule has 1 aliphatic heterocycles. The Labute approximate surface area is 156 Å². The molecule has 0 bridgehead atoms. The summed E-state index contributed by atoms with van der Waals surface area (Å²) < 4.78 is 10.2. The Hall–Kier alpha value is -3.15. The van der Waals surface area contributed by atoms with Gasteiger partial charge < -0.3 is 9.47 Å². The second-order valence-corrected chi connectivity index (χ2v) is 6.67. The van der Waals surface area contributed by atoms with Crippen LogP contribution in [0.1, 0.15) is 29.3 Å². The number of amides is 2. The predicted molar refractivity (Wildman–Crippen MR) is 97.7 cm³/mol. The van der Waals surface area contributed by atoms with Gasteiger partial charge in [-0.25, -0.2) is 4.90 Å². The molecule has 2 aromatic carbocycles. The van der Waals surface area contributed by atoms with Gasteiger partial charge in [-0.2, -0.15) is 0 Å². The van der Waals surface area contributed by atoms with Crippen LogP contribution in [0, 0.1) is 5.92 Å². The fourth-order valence-electron chi connectivity index (χ4n) is 3.86. The molecule has 6 nitrogen and oxygen atoms in total. The quantitative estimate of drug-likeness (QED) is 0.615. The molecular formula is C21H19NO5.